The Morgan fingerprint density at radius 3 is 2.56 bits per heavy atom. The van der Waals surface area contributed by atoms with Crippen molar-refractivity contribution >= 4 is 17.6 Å². The Labute approximate surface area is 148 Å². The van der Waals surface area contributed by atoms with Crippen LogP contribution in [0, 0.1) is 18.6 Å². The van der Waals surface area contributed by atoms with Gasteiger partial charge in [-0.05, 0) is 26.0 Å². The van der Waals surface area contributed by atoms with Gasteiger partial charge in [0.25, 0.3) is 0 Å². The van der Waals surface area contributed by atoms with E-state index < -0.39 is 11.6 Å². The van der Waals surface area contributed by atoms with Gasteiger partial charge < -0.3 is 0 Å². The Morgan fingerprint density at radius 2 is 1.88 bits per heavy atom. The third-order valence-electron chi connectivity index (χ3n) is 3.60. The zero-order valence-electron chi connectivity index (χ0n) is 13.9. The molecule has 0 radical (unpaired) electrons. The van der Waals surface area contributed by atoms with Crippen molar-refractivity contribution < 1.29 is 8.78 Å². The number of rotatable bonds is 4. The summed E-state index contributed by atoms with van der Waals surface area (Å²) in [5.41, 5.74) is 3.25. The molecule has 0 saturated carbocycles. The molecule has 3 aromatic rings. The lowest BCUT2D eigenvalue weighted by atomic mass is 10.1. The lowest BCUT2D eigenvalue weighted by molar-refractivity contribution is 0.582. The maximum Gasteiger partial charge on any atom is 0.206 e. The summed E-state index contributed by atoms with van der Waals surface area (Å²) in [7, 11) is 0. The Hall–Kier alpha value is -2.60. The molecule has 3 rings (SSSR count). The van der Waals surface area contributed by atoms with Gasteiger partial charge in [-0.25, -0.2) is 13.5 Å². The molecular formula is C19H17F2N3S. The molecule has 0 fully saturated rings. The van der Waals surface area contributed by atoms with Crippen LogP contribution in [0.1, 0.15) is 18.1 Å². The summed E-state index contributed by atoms with van der Waals surface area (Å²) in [5.74, 6) is -1.26. The summed E-state index contributed by atoms with van der Waals surface area (Å²) in [6.45, 7) is 4.59. The van der Waals surface area contributed by atoms with E-state index in [-0.39, 0.29) is 5.56 Å². The number of aryl methyl sites for hydroxylation is 1. The molecule has 0 aliphatic rings. The topological polar surface area (TPSA) is 29.6 Å². The first-order valence-electron chi connectivity index (χ1n) is 7.86. The van der Waals surface area contributed by atoms with Crippen molar-refractivity contribution in [3.05, 3.63) is 75.4 Å². The second-order valence-electron chi connectivity index (χ2n) is 5.47. The van der Waals surface area contributed by atoms with E-state index in [4.69, 9.17) is 0 Å². The second kappa shape index (κ2) is 7.53. The van der Waals surface area contributed by atoms with Crippen molar-refractivity contribution in [1.82, 2.24) is 4.68 Å². The van der Waals surface area contributed by atoms with E-state index >= 15 is 0 Å². The third kappa shape index (κ3) is 3.91. The molecule has 0 saturated heterocycles. The predicted octanol–water partition coefficient (Wildman–Crippen LogP) is 4.61. The predicted molar refractivity (Wildman–Crippen MR) is 97.9 cm³/mol. The van der Waals surface area contributed by atoms with Crippen LogP contribution in [-0.4, -0.2) is 17.4 Å². The molecule has 128 valence electrons. The maximum atomic E-state index is 13.8. The van der Waals surface area contributed by atoms with Gasteiger partial charge in [-0.1, -0.05) is 29.8 Å². The van der Waals surface area contributed by atoms with Gasteiger partial charge in [0, 0.05) is 29.1 Å². The fourth-order valence-corrected chi connectivity index (χ4v) is 3.21. The number of thiazole rings is 1. The van der Waals surface area contributed by atoms with Gasteiger partial charge in [0.05, 0.1) is 11.9 Å². The SMILES string of the molecule is CCN=c1scc(-c2ccc(C)cc2)n1/N=C\c1ccc(F)cc1F. The van der Waals surface area contributed by atoms with E-state index in [9.17, 15) is 8.78 Å². The first kappa shape index (κ1) is 17.2. The quantitative estimate of drug-likeness (QED) is 0.611. The molecule has 0 atom stereocenters. The molecule has 2 aromatic carbocycles. The van der Waals surface area contributed by atoms with Crippen LogP contribution in [0.3, 0.4) is 0 Å². The van der Waals surface area contributed by atoms with Gasteiger partial charge in [0.15, 0.2) is 0 Å². The fraction of sp³-hybridized carbons (Fsp3) is 0.158. The number of hydrogen-bond acceptors (Lipinski definition) is 3. The van der Waals surface area contributed by atoms with Crippen LogP contribution in [0.4, 0.5) is 8.78 Å². The van der Waals surface area contributed by atoms with Crippen LogP contribution in [0.2, 0.25) is 0 Å². The molecule has 1 heterocycles. The van der Waals surface area contributed by atoms with E-state index in [2.05, 4.69) is 10.1 Å². The van der Waals surface area contributed by atoms with Gasteiger partial charge in [-0.15, -0.1) is 11.3 Å². The highest BCUT2D eigenvalue weighted by Crippen LogP contribution is 2.20. The first-order chi connectivity index (χ1) is 12.1. The summed E-state index contributed by atoms with van der Waals surface area (Å²) >= 11 is 1.47. The number of nitrogens with zero attached hydrogens (tertiary/aromatic N) is 3. The lowest BCUT2D eigenvalue weighted by Crippen LogP contribution is -2.12. The van der Waals surface area contributed by atoms with Crippen molar-refractivity contribution in [2.45, 2.75) is 13.8 Å². The van der Waals surface area contributed by atoms with E-state index in [0.29, 0.717) is 6.54 Å². The van der Waals surface area contributed by atoms with E-state index in [1.54, 1.807) is 4.68 Å². The number of aromatic nitrogens is 1. The first-order valence-corrected chi connectivity index (χ1v) is 8.74. The zero-order chi connectivity index (χ0) is 17.8. The molecule has 0 unspecified atom stereocenters. The average Bonchev–Trinajstić information content (AvgIpc) is 2.98. The van der Waals surface area contributed by atoms with E-state index in [1.165, 1.54) is 35.2 Å². The zero-order valence-corrected chi connectivity index (χ0v) is 14.7. The van der Waals surface area contributed by atoms with Gasteiger partial charge in [0.2, 0.25) is 4.80 Å². The number of halogens is 2. The van der Waals surface area contributed by atoms with Gasteiger partial charge in [-0.3, -0.25) is 4.99 Å². The van der Waals surface area contributed by atoms with Gasteiger partial charge in [0.1, 0.15) is 11.6 Å². The Kier molecular flexibility index (Phi) is 5.19. The summed E-state index contributed by atoms with van der Waals surface area (Å²) in [6, 6.07) is 11.5. The minimum atomic E-state index is -0.648. The van der Waals surface area contributed by atoms with Crippen molar-refractivity contribution in [2.24, 2.45) is 10.1 Å². The van der Waals surface area contributed by atoms with Crippen LogP contribution < -0.4 is 4.80 Å². The van der Waals surface area contributed by atoms with E-state index in [1.807, 2.05) is 43.5 Å². The highest BCUT2D eigenvalue weighted by molar-refractivity contribution is 7.07. The summed E-state index contributed by atoms with van der Waals surface area (Å²) in [6.07, 6.45) is 1.38. The smallest absolute Gasteiger partial charge is 0.206 e. The Balaban J connectivity index is 2.07. The summed E-state index contributed by atoms with van der Waals surface area (Å²) < 4.78 is 28.6. The van der Waals surface area contributed by atoms with E-state index in [0.717, 1.165) is 22.1 Å². The molecular weight excluding hydrogens is 340 g/mol. The fourth-order valence-electron chi connectivity index (χ4n) is 2.30. The largest absolute Gasteiger partial charge is 0.258 e. The van der Waals surface area contributed by atoms with Crippen molar-refractivity contribution in [3.8, 4) is 11.3 Å². The minimum absolute atomic E-state index is 0.220. The monoisotopic (exact) mass is 357 g/mol. The molecule has 1 aromatic heterocycles. The van der Waals surface area contributed by atoms with Gasteiger partial charge >= 0.3 is 0 Å². The third-order valence-corrected chi connectivity index (χ3v) is 4.45. The molecule has 6 heteroatoms. The molecule has 3 nitrogen and oxygen atoms in total. The molecule has 25 heavy (non-hydrogen) atoms. The highest BCUT2D eigenvalue weighted by Gasteiger charge is 2.08. The van der Waals surface area contributed by atoms with Crippen molar-refractivity contribution in [2.75, 3.05) is 6.54 Å². The Morgan fingerprint density at radius 1 is 1.12 bits per heavy atom. The molecule has 0 spiro atoms. The highest BCUT2D eigenvalue weighted by atomic mass is 32.1. The lowest BCUT2D eigenvalue weighted by Gasteiger charge is -2.04. The normalized spacial score (nSPS) is 12.2. The molecule has 0 aliphatic heterocycles. The van der Waals surface area contributed by atoms with Crippen LogP contribution >= 0.6 is 11.3 Å². The van der Waals surface area contributed by atoms with Crippen molar-refractivity contribution in [1.29, 1.82) is 0 Å². The second-order valence-corrected chi connectivity index (χ2v) is 6.30. The molecule has 0 N–H and O–H groups in total. The van der Waals surface area contributed by atoms with Crippen LogP contribution in [-0.2, 0) is 0 Å². The average molecular weight is 357 g/mol. The number of benzene rings is 2. The Bertz CT molecular complexity index is 969. The number of hydrogen-bond donors (Lipinski definition) is 0. The minimum Gasteiger partial charge on any atom is -0.258 e. The molecule has 0 aliphatic carbocycles. The summed E-state index contributed by atoms with van der Waals surface area (Å²) in [4.78, 5) is 5.15. The molecule has 0 bridgehead atoms. The van der Waals surface area contributed by atoms with Crippen molar-refractivity contribution in [3.63, 3.8) is 0 Å². The summed E-state index contributed by atoms with van der Waals surface area (Å²) in [5, 5.41) is 6.36. The van der Waals surface area contributed by atoms with Crippen LogP contribution in [0.25, 0.3) is 11.3 Å². The standard InChI is InChI=1S/C19H17F2N3S/c1-3-22-19-24(23-11-15-8-9-16(20)10-17(15)21)18(12-25-19)14-6-4-13(2)5-7-14/h4-12H,3H2,1-2H3/b22-19?,23-11-. The van der Waals surface area contributed by atoms with Gasteiger partial charge in [-0.2, -0.15) is 5.10 Å². The maximum absolute atomic E-state index is 13.8. The van der Waals surface area contributed by atoms with Crippen LogP contribution in [0.15, 0.2) is 57.9 Å². The molecule has 0 amide bonds. The van der Waals surface area contributed by atoms with Crippen LogP contribution in [0.5, 0.6) is 0 Å².